The standard InChI is InChI=1S/C9H11N3/c1-6-4-9-10-7(2)5-12(9)11-8(6)3/h4-5H,1-3H3. The van der Waals surface area contributed by atoms with E-state index in [0.717, 1.165) is 17.0 Å². The molecule has 0 aliphatic rings. The van der Waals surface area contributed by atoms with Gasteiger partial charge < -0.3 is 0 Å². The fourth-order valence-corrected chi connectivity index (χ4v) is 1.22. The first-order valence-electron chi connectivity index (χ1n) is 3.97. The lowest BCUT2D eigenvalue weighted by molar-refractivity contribution is 0.888. The van der Waals surface area contributed by atoms with E-state index < -0.39 is 0 Å². The predicted molar refractivity (Wildman–Crippen MR) is 47.2 cm³/mol. The van der Waals surface area contributed by atoms with Gasteiger partial charge in [0.05, 0.1) is 17.6 Å². The fraction of sp³-hybridized carbons (Fsp3) is 0.333. The highest BCUT2D eigenvalue weighted by molar-refractivity contribution is 5.41. The van der Waals surface area contributed by atoms with Crippen molar-refractivity contribution < 1.29 is 0 Å². The van der Waals surface area contributed by atoms with Gasteiger partial charge in [-0.15, -0.1) is 0 Å². The first kappa shape index (κ1) is 7.28. The van der Waals surface area contributed by atoms with Crippen molar-refractivity contribution in [2.24, 2.45) is 0 Å². The highest BCUT2D eigenvalue weighted by Gasteiger charge is 2.00. The van der Waals surface area contributed by atoms with Gasteiger partial charge >= 0.3 is 0 Å². The molecule has 0 saturated carbocycles. The first-order valence-corrected chi connectivity index (χ1v) is 3.97. The predicted octanol–water partition coefficient (Wildman–Crippen LogP) is 1.65. The zero-order chi connectivity index (χ0) is 8.72. The number of aryl methyl sites for hydroxylation is 3. The molecule has 3 nitrogen and oxygen atoms in total. The summed E-state index contributed by atoms with van der Waals surface area (Å²) >= 11 is 0. The molecule has 0 atom stereocenters. The second kappa shape index (κ2) is 2.30. The summed E-state index contributed by atoms with van der Waals surface area (Å²) in [6, 6.07) is 2.05. The Kier molecular flexibility index (Phi) is 1.40. The van der Waals surface area contributed by atoms with Gasteiger partial charge in [0, 0.05) is 0 Å². The highest BCUT2D eigenvalue weighted by Crippen LogP contribution is 2.07. The second-order valence-corrected chi connectivity index (χ2v) is 3.10. The Morgan fingerprint density at radius 2 is 2.00 bits per heavy atom. The first-order chi connectivity index (χ1) is 5.66. The van der Waals surface area contributed by atoms with Crippen LogP contribution in [0, 0.1) is 20.8 Å². The van der Waals surface area contributed by atoms with Gasteiger partial charge in [-0.3, -0.25) is 0 Å². The maximum Gasteiger partial charge on any atom is 0.154 e. The van der Waals surface area contributed by atoms with E-state index in [1.165, 1.54) is 5.56 Å². The van der Waals surface area contributed by atoms with Crippen LogP contribution in [0.25, 0.3) is 5.65 Å². The summed E-state index contributed by atoms with van der Waals surface area (Å²) in [5.41, 5.74) is 4.18. The number of imidazole rings is 1. The Morgan fingerprint density at radius 3 is 2.75 bits per heavy atom. The van der Waals surface area contributed by atoms with E-state index in [0.29, 0.717) is 0 Å². The average Bonchev–Trinajstić information content (AvgIpc) is 2.30. The van der Waals surface area contributed by atoms with Crippen LogP contribution in [-0.2, 0) is 0 Å². The van der Waals surface area contributed by atoms with Crippen molar-refractivity contribution in [1.82, 2.24) is 14.6 Å². The summed E-state index contributed by atoms with van der Waals surface area (Å²) < 4.78 is 1.82. The van der Waals surface area contributed by atoms with Crippen LogP contribution in [0.2, 0.25) is 0 Å². The van der Waals surface area contributed by atoms with E-state index >= 15 is 0 Å². The van der Waals surface area contributed by atoms with Crippen LogP contribution in [-0.4, -0.2) is 14.6 Å². The van der Waals surface area contributed by atoms with Crippen LogP contribution < -0.4 is 0 Å². The van der Waals surface area contributed by atoms with E-state index in [9.17, 15) is 0 Å². The topological polar surface area (TPSA) is 30.2 Å². The quantitative estimate of drug-likeness (QED) is 0.588. The molecule has 0 radical (unpaired) electrons. The minimum atomic E-state index is 0.926. The minimum Gasteiger partial charge on any atom is -0.232 e. The maximum absolute atomic E-state index is 4.35. The molecule has 0 fully saturated rings. The Balaban J connectivity index is 2.83. The Labute approximate surface area is 71.1 Å². The van der Waals surface area contributed by atoms with E-state index in [2.05, 4.69) is 16.1 Å². The SMILES string of the molecule is Cc1cn2nc(C)c(C)cc2n1. The molecule has 2 heterocycles. The lowest BCUT2D eigenvalue weighted by atomic mass is 10.2. The molecular weight excluding hydrogens is 150 g/mol. The normalized spacial score (nSPS) is 10.9. The summed E-state index contributed by atoms with van der Waals surface area (Å²) in [5, 5.41) is 4.35. The van der Waals surface area contributed by atoms with Crippen LogP contribution >= 0.6 is 0 Å². The minimum absolute atomic E-state index is 0.926. The molecule has 0 N–H and O–H groups in total. The number of aromatic nitrogens is 3. The summed E-state index contributed by atoms with van der Waals surface area (Å²) in [6.07, 6.45) is 1.93. The summed E-state index contributed by atoms with van der Waals surface area (Å²) in [5.74, 6) is 0. The van der Waals surface area contributed by atoms with Crippen LogP contribution in [0.1, 0.15) is 17.0 Å². The van der Waals surface area contributed by atoms with Crippen molar-refractivity contribution in [3.8, 4) is 0 Å². The molecule has 0 bridgehead atoms. The smallest absolute Gasteiger partial charge is 0.154 e. The zero-order valence-electron chi connectivity index (χ0n) is 7.50. The third-order valence-electron chi connectivity index (χ3n) is 2.01. The molecule has 12 heavy (non-hydrogen) atoms. The van der Waals surface area contributed by atoms with Crippen molar-refractivity contribution in [3.63, 3.8) is 0 Å². The summed E-state index contributed by atoms with van der Waals surface area (Å²) in [6.45, 7) is 6.02. The number of hydrogen-bond acceptors (Lipinski definition) is 2. The van der Waals surface area contributed by atoms with Gasteiger partial charge in [0.15, 0.2) is 5.65 Å². The largest absolute Gasteiger partial charge is 0.232 e. The molecule has 0 saturated heterocycles. The number of rotatable bonds is 0. The van der Waals surface area contributed by atoms with Crippen LogP contribution in [0.5, 0.6) is 0 Å². The monoisotopic (exact) mass is 161 g/mol. The molecule has 3 heteroatoms. The van der Waals surface area contributed by atoms with Gasteiger partial charge in [0.25, 0.3) is 0 Å². The number of nitrogens with zero attached hydrogens (tertiary/aromatic N) is 3. The van der Waals surface area contributed by atoms with Gasteiger partial charge in [0.1, 0.15) is 0 Å². The molecule has 2 aromatic rings. The van der Waals surface area contributed by atoms with Crippen LogP contribution in [0.15, 0.2) is 12.3 Å². The van der Waals surface area contributed by atoms with Gasteiger partial charge in [-0.05, 0) is 32.4 Å². The molecule has 0 aromatic carbocycles. The van der Waals surface area contributed by atoms with Crippen LogP contribution in [0.4, 0.5) is 0 Å². The summed E-state index contributed by atoms with van der Waals surface area (Å²) in [4.78, 5) is 4.32. The second-order valence-electron chi connectivity index (χ2n) is 3.10. The molecule has 0 unspecified atom stereocenters. The third-order valence-corrected chi connectivity index (χ3v) is 2.01. The van der Waals surface area contributed by atoms with E-state index in [1.807, 2.05) is 31.5 Å². The molecule has 0 aliphatic heterocycles. The lowest BCUT2D eigenvalue weighted by Gasteiger charge is -1.98. The van der Waals surface area contributed by atoms with Crippen molar-refractivity contribution in [2.75, 3.05) is 0 Å². The maximum atomic E-state index is 4.35. The van der Waals surface area contributed by atoms with Crippen molar-refractivity contribution in [3.05, 3.63) is 29.2 Å². The van der Waals surface area contributed by atoms with E-state index in [-0.39, 0.29) is 0 Å². The van der Waals surface area contributed by atoms with E-state index in [1.54, 1.807) is 0 Å². The molecule has 0 spiro atoms. The molecule has 62 valence electrons. The Bertz CT molecular complexity index is 390. The highest BCUT2D eigenvalue weighted by atomic mass is 15.2. The Hall–Kier alpha value is -1.38. The number of fused-ring (bicyclic) bond motifs is 1. The zero-order valence-corrected chi connectivity index (χ0v) is 7.50. The molecule has 2 rings (SSSR count). The van der Waals surface area contributed by atoms with Crippen molar-refractivity contribution in [2.45, 2.75) is 20.8 Å². The van der Waals surface area contributed by atoms with E-state index in [4.69, 9.17) is 0 Å². The fourth-order valence-electron chi connectivity index (χ4n) is 1.22. The number of hydrogen-bond donors (Lipinski definition) is 0. The van der Waals surface area contributed by atoms with Gasteiger partial charge in [-0.1, -0.05) is 0 Å². The molecule has 2 aromatic heterocycles. The van der Waals surface area contributed by atoms with Crippen molar-refractivity contribution in [1.29, 1.82) is 0 Å². The molecular formula is C9H11N3. The van der Waals surface area contributed by atoms with Gasteiger partial charge in [-0.2, -0.15) is 5.10 Å². The molecule has 0 amide bonds. The van der Waals surface area contributed by atoms with Crippen LogP contribution in [0.3, 0.4) is 0 Å². The van der Waals surface area contributed by atoms with Gasteiger partial charge in [-0.25, -0.2) is 9.50 Å². The Morgan fingerprint density at radius 1 is 1.25 bits per heavy atom. The van der Waals surface area contributed by atoms with Crippen molar-refractivity contribution >= 4 is 5.65 Å². The third kappa shape index (κ3) is 0.978. The summed E-state index contributed by atoms with van der Waals surface area (Å²) in [7, 11) is 0. The molecule has 0 aliphatic carbocycles. The van der Waals surface area contributed by atoms with Gasteiger partial charge in [0.2, 0.25) is 0 Å². The average molecular weight is 161 g/mol. The lowest BCUT2D eigenvalue weighted by Crippen LogP contribution is -1.95.